The molecule has 0 aromatic heterocycles. The van der Waals surface area contributed by atoms with Crippen LogP contribution in [-0.4, -0.2) is 17.9 Å². The van der Waals surface area contributed by atoms with Crippen LogP contribution in [0.15, 0.2) is 78.4 Å². The minimum Gasteiger partial charge on any atom is -0.493 e. The molecule has 0 radical (unpaired) electrons. The molecular weight excluding hydrogens is 621 g/mol. The average molecular weight is 640 g/mol. The number of rotatable bonds is 8. The monoisotopic (exact) mass is 639 g/mol. The van der Waals surface area contributed by atoms with E-state index in [1.54, 1.807) is 12.1 Å². The third-order valence-corrected chi connectivity index (χ3v) is 6.72. The van der Waals surface area contributed by atoms with Crippen LogP contribution >= 0.6 is 34.2 Å². The molecule has 4 rings (SSSR count). The molecule has 0 saturated carbocycles. The van der Waals surface area contributed by atoms with Gasteiger partial charge in [-0.15, -0.1) is 0 Å². The lowest BCUT2D eigenvalue weighted by Crippen LogP contribution is -2.14. The summed E-state index contributed by atoms with van der Waals surface area (Å²) in [5.74, 6) is 0.201. The highest BCUT2D eigenvalue weighted by atomic mass is 127. The molecule has 0 aliphatic carbocycles. The van der Waals surface area contributed by atoms with Gasteiger partial charge in [0.15, 0.2) is 11.5 Å². The molecule has 10 heteroatoms. The number of hydrogen-bond acceptors (Lipinski definition) is 6. The summed E-state index contributed by atoms with van der Waals surface area (Å²) in [5, 5.41) is 25.4. The van der Waals surface area contributed by atoms with E-state index < -0.39 is 10.8 Å². The van der Waals surface area contributed by atoms with Crippen molar-refractivity contribution in [2.45, 2.75) is 6.61 Å². The largest absolute Gasteiger partial charge is 0.493 e. The third-order valence-electron chi connectivity index (χ3n) is 5.59. The molecule has 0 spiro atoms. The highest BCUT2D eigenvalue weighted by Gasteiger charge is 2.17. The van der Waals surface area contributed by atoms with Crippen LogP contribution in [0, 0.1) is 25.0 Å². The van der Waals surface area contributed by atoms with Gasteiger partial charge < -0.3 is 14.8 Å². The quantitative estimate of drug-likeness (QED) is 0.0721. The Morgan fingerprint density at radius 1 is 1.16 bits per heavy atom. The van der Waals surface area contributed by atoms with Gasteiger partial charge in [-0.1, -0.05) is 54.1 Å². The number of carbonyl (C=O) groups excluding carboxylic acids is 1. The van der Waals surface area contributed by atoms with Gasteiger partial charge in [0.25, 0.3) is 11.6 Å². The number of methoxy groups -OCH3 is 1. The lowest BCUT2D eigenvalue weighted by atomic mass is 10.1. The maximum atomic E-state index is 12.8. The van der Waals surface area contributed by atoms with E-state index in [2.05, 4.69) is 27.9 Å². The van der Waals surface area contributed by atoms with Crippen LogP contribution in [0.25, 0.3) is 16.8 Å². The summed E-state index contributed by atoms with van der Waals surface area (Å²) >= 11 is 8.17. The molecule has 0 heterocycles. The molecule has 38 heavy (non-hydrogen) atoms. The zero-order valence-corrected chi connectivity index (χ0v) is 22.8. The zero-order valence-electron chi connectivity index (χ0n) is 19.9. The standard InChI is InChI=1S/C28H19ClIN3O5/c1-37-26-13-17(11-20(15-31)28(34)32-25-14-21(33(35)36)9-10-23(25)29)12-24(30)27(26)38-16-19-7-4-6-18-5-2-3-8-22(18)19/h2-14H,16H2,1H3,(H,32,34)/b20-11+. The number of nitrogens with one attached hydrogen (secondary N) is 1. The number of hydrogen-bond donors (Lipinski definition) is 1. The van der Waals surface area contributed by atoms with Gasteiger partial charge in [0.05, 0.1) is 26.3 Å². The fraction of sp³-hybridized carbons (Fsp3) is 0.0714. The summed E-state index contributed by atoms with van der Waals surface area (Å²) in [4.78, 5) is 23.2. The van der Waals surface area contributed by atoms with Gasteiger partial charge in [-0.25, -0.2) is 0 Å². The van der Waals surface area contributed by atoms with E-state index in [-0.39, 0.29) is 22.0 Å². The van der Waals surface area contributed by atoms with Gasteiger partial charge in [-0.05, 0) is 68.8 Å². The molecule has 8 nitrogen and oxygen atoms in total. The Labute approximate surface area is 236 Å². The summed E-state index contributed by atoms with van der Waals surface area (Å²) < 4.78 is 12.4. The fourth-order valence-corrected chi connectivity index (χ4v) is 4.70. The minimum atomic E-state index is -0.764. The van der Waals surface area contributed by atoms with Gasteiger partial charge in [0, 0.05) is 12.1 Å². The second-order valence-corrected chi connectivity index (χ2v) is 9.58. The van der Waals surface area contributed by atoms with Crippen LogP contribution in [0.1, 0.15) is 11.1 Å². The zero-order chi connectivity index (χ0) is 27.2. The smallest absolute Gasteiger partial charge is 0.271 e. The third kappa shape index (κ3) is 6.04. The van der Waals surface area contributed by atoms with E-state index in [9.17, 15) is 20.2 Å². The Morgan fingerprint density at radius 3 is 2.66 bits per heavy atom. The maximum absolute atomic E-state index is 12.8. The van der Waals surface area contributed by atoms with E-state index >= 15 is 0 Å². The number of benzene rings is 4. The number of amides is 1. The highest BCUT2D eigenvalue weighted by molar-refractivity contribution is 14.1. The second kappa shape index (κ2) is 11.9. The number of halogens is 2. The number of nitriles is 1. The van der Waals surface area contributed by atoms with Crippen molar-refractivity contribution in [3.8, 4) is 17.6 Å². The van der Waals surface area contributed by atoms with Gasteiger partial charge in [0.2, 0.25) is 0 Å². The number of anilines is 1. The Balaban J connectivity index is 1.58. The molecule has 0 fully saturated rings. The van der Waals surface area contributed by atoms with Crippen molar-refractivity contribution in [1.82, 2.24) is 0 Å². The molecule has 0 aliphatic rings. The van der Waals surface area contributed by atoms with Gasteiger partial charge >= 0.3 is 0 Å². The van der Waals surface area contributed by atoms with Crippen LogP contribution in [0.4, 0.5) is 11.4 Å². The van der Waals surface area contributed by atoms with Gasteiger partial charge in [0.1, 0.15) is 18.2 Å². The van der Waals surface area contributed by atoms with Crippen molar-refractivity contribution < 1.29 is 19.2 Å². The molecule has 0 saturated heterocycles. The number of ether oxygens (including phenoxy) is 2. The van der Waals surface area contributed by atoms with Crippen molar-refractivity contribution in [2.75, 3.05) is 12.4 Å². The molecule has 4 aromatic rings. The number of non-ortho nitro benzene ring substituents is 1. The normalized spacial score (nSPS) is 11.1. The molecule has 0 aliphatic heterocycles. The van der Waals surface area contributed by atoms with Crippen molar-refractivity contribution in [2.24, 2.45) is 0 Å². The maximum Gasteiger partial charge on any atom is 0.271 e. The highest BCUT2D eigenvalue weighted by Crippen LogP contribution is 2.36. The summed E-state index contributed by atoms with van der Waals surface area (Å²) in [6.45, 7) is 0.318. The van der Waals surface area contributed by atoms with Crippen LogP contribution in [0.2, 0.25) is 5.02 Å². The number of nitrogens with zero attached hydrogens (tertiary/aromatic N) is 2. The number of fused-ring (bicyclic) bond motifs is 1. The Kier molecular flexibility index (Phi) is 8.45. The predicted molar refractivity (Wildman–Crippen MR) is 154 cm³/mol. The van der Waals surface area contributed by atoms with Crippen molar-refractivity contribution in [3.05, 3.63) is 108 Å². The van der Waals surface area contributed by atoms with E-state index in [0.29, 0.717) is 27.2 Å². The molecule has 1 amide bonds. The minimum absolute atomic E-state index is 0.0244. The number of nitro groups is 1. The fourth-order valence-electron chi connectivity index (χ4n) is 3.76. The average Bonchev–Trinajstić information content (AvgIpc) is 2.91. The molecule has 1 N–H and O–H groups in total. The molecule has 0 bridgehead atoms. The molecule has 0 unspecified atom stereocenters. The van der Waals surface area contributed by atoms with E-state index in [1.807, 2.05) is 48.5 Å². The second-order valence-electron chi connectivity index (χ2n) is 8.01. The first-order valence-electron chi connectivity index (χ1n) is 11.1. The summed E-state index contributed by atoms with van der Waals surface area (Å²) in [7, 11) is 1.51. The van der Waals surface area contributed by atoms with Crippen LogP contribution in [0.3, 0.4) is 0 Å². The van der Waals surface area contributed by atoms with Crippen molar-refractivity contribution >= 4 is 68.3 Å². The van der Waals surface area contributed by atoms with Gasteiger partial charge in [-0.2, -0.15) is 5.26 Å². The van der Waals surface area contributed by atoms with Crippen molar-refractivity contribution in [1.29, 1.82) is 5.26 Å². The summed E-state index contributed by atoms with van der Waals surface area (Å²) in [5.41, 5.74) is 1.10. The van der Waals surface area contributed by atoms with Gasteiger partial charge in [-0.3, -0.25) is 14.9 Å². The van der Waals surface area contributed by atoms with Crippen molar-refractivity contribution in [3.63, 3.8) is 0 Å². The predicted octanol–water partition coefficient (Wildman–Crippen LogP) is 7.14. The van der Waals surface area contributed by atoms with Crippen LogP contribution in [0.5, 0.6) is 11.5 Å². The topological polar surface area (TPSA) is 114 Å². The number of carbonyl (C=O) groups is 1. The Hall–Kier alpha value is -4.14. The Morgan fingerprint density at radius 2 is 1.92 bits per heavy atom. The van der Waals surface area contributed by atoms with E-state index in [1.165, 1.54) is 25.3 Å². The summed E-state index contributed by atoms with van der Waals surface area (Å²) in [6.07, 6.45) is 1.39. The number of nitro benzene ring substituents is 1. The van der Waals surface area contributed by atoms with Crippen LogP contribution in [-0.2, 0) is 11.4 Å². The first-order valence-corrected chi connectivity index (χ1v) is 12.6. The first kappa shape index (κ1) is 26.9. The molecular formula is C28H19ClIN3O5. The first-order chi connectivity index (χ1) is 18.3. The summed E-state index contributed by atoms with van der Waals surface area (Å²) in [6, 6.07) is 23.0. The van der Waals surface area contributed by atoms with E-state index in [0.717, 1.165) is 22.4 Å². The lowest BCUT2D eigenvalue weighted by Gasteiger charge is -2.15. The van der Waals surface area contributed by atoms with Crippen LogP contribution < -0.4 is 14.8 Å². The van der Waals surface area contributed by atoms with E-state index in [4.69, 9.17) is 21.1 Å². The molecule has 4 aromatic carbocycles. The molecule has 190 valence electrons. The SMILES string of the molecule is COc1cc(/C=C(\C#N)C(=O)Nc2cc([N+](=O)[O-])ccc2Cl)cc(I)c1OCc1cccc2ccccc12. The lowest BCUT2D eigenvalue weighted by molar-refractivity contribution is -0.384. The Bertz CT molecular complexity index is 1630. The molecule has 0 atom stereocenters.